The zero-order valence-electron chi connectivity index (χ0n) is 60.4. The van der Waals surface area contributed by atoms with Gasteiger partial charge in [-0.3, -0.25) is 10.0 Å². The zero-order chi connectivity index (χ0) is 70.0. The van der Waals surface area contributed by atoms with Gasteiger partial charge in [-0.1, -0.05) is 90.3 Å². The van der Waals surface area contributed by atoms with Crippen LogP contribution < -0.4 is 53.6 Å². The van der Waals surface area contributed by atoms with Gasteiger partial charge in [0.25, 0.3) is 0 Å². The standard InChI is InChI=1S/C17H22N6.C17H18N2O2.C17H18N2S2.C16H22N4.C9H18N6/c1-12-20(3)16-14(7-5-9-18-16)22(12)11-23-13(2)21(4)17-15(23)8-6-10-19-17;2*1-12-18(14-7-3-5-9-16(14)20-12)11-19-13(2)21-17-10-6-4-8-15(17)19;1-14-17(3)9-10-18(14)13-19-11-12-20(15(19)2)16-7-5-4-6-8-16;1-8-12(3)5-10-14(8)7-15-9(2)13(4)6-11-15/h5-10,12-13H,11H2,1-4H3;2*3-10,12-13H,11H2,1-2H3;4-12,14-15H,13H2,1-3H3;5-6,8-9H,7H2,1-4H3/t3*12-,13+;14-,15-;8-,9+/m...0./s1. The molecule has 0 radical (unpaired) electrons. The molecule has 10 aliphatic heterocycles. The maximum Gasteiger partial charge on any atom is 0.171 e. The number of hydrogen-bond acceptors (Lipinski definition) is 24. The van der Waals surface area contributed by atoms with Crippen molar-refractivity contribution in [3.8, 4) is 11.5 Å². The number of hydrazone groups is 2. The normalized spacial score (nSPS) is 24.4. The highest BCUT2D eigenvalue weighted by atomic mass is 32.2. The first-order valence-electron chi connectivity index (χ1n) is 34.8. The quantitative estimate of drug-likeness (QED) is 0.122. The highest BCUT2D eigenvalue weighted by molar-refractivity contribution is 8.00. The number of ether oxygens (including phenoxy) is 2. The van der Waals surface area contributed by atoms with E-state index < -0.39 is 0 Å². The smallest absolute Gasteiger partial charge is 0.171 e. The number of pyridine rings is 2. The first-order chi connectivity index (χ1) is 48.3. The molecular weight excluding hydrogens is 1290 g/mol. The Morgan fingerprint density at radius 3 is 1.22 bits per heavy atom. The maximum absolute atomic E-state index is 5.91. The van der Waals surface area contributed by atoms with E-state index in [4.69, 9.17) is 9.47 Å². The predicted molar refractivity (Wildman–Crippen MR) is 413 cm³/mol. The number of thioether (sulfide) groups is 2. The van der Waals surface area contributed by atoms with E-state index in [2.05, 4.69) is 307 Å². The molecule has 0 aliphatic carbocycles. The summed E-state index contributed by atoms with van der Waals surface area (Å²) in [7, 11) is 10.4. The van der Waals surface area contributed by atoms with Crippen LogP contribution in [-0.4, -0.2) is 186 Å². The third-order valence-corrected chi connectivity index (χ3v) is 23.1. The van der Waals surface area contributed by atoms with E-state index in [1.807, 2.05) is 121 Å². The number of para-hydroxylation sites is 7. The Morgan fingerprint density at radius 2 is 0.760 bits per heavy atom. The van der Waals surface area contributed by atoms with Gasteiger partial charge in [0.15, 0.2) is 24.1 Å². The summed E-state index contributed by atoms with van der Waals surface area (Å²) in [6.45, 7) is 26.0. The fourth-order valence-electron chi connectivity index (χ4n) is 13.8. The molecule has 100 heavy (non-hydrogen) atoms. The molecule has 0 spiro atoms. The summed E-state index contributed by atoms with van der Waals surface area (Å²) in [6, 6.07) is 52.7. The number of rotatable bonds is 11. The summed E-state index contributed by atoms with van der Waals surface area (Å²) in [5.74, 6) is 4.00. The Morgan fingerprint density at radius 1 is 0.350 bits per heavy atom. The Balaban J connectivity index is 0.000000113. The lowest BCUT2D eigenvalue weighted by Crippen LogP contribution is -2.49. The van der Waals surface area contributed by atoms with Gasteiger partial charge in [-0.2, -0.15) is 10.2 Å². The van der Waals surface area contributed by atoms with Crippen LogP contribution in [0, 0.1) is 0 Å². The van der Waals surface area contributed by atoms with Gasteiger partial charge in [-0.25, -0.2) is 9.97 Å². The van der Waals surface area contributed by atoms with Crippen LogP contribution in [0.1, 0.15) is 69.2 Å². The van der Waals surface area contributed by atoms with Crippen molar-refractivity contribution in [2.24, 2.45) is 10.2 Å². The predicted octanol–water partition coefficient (Wildman–Crippen LogP) is 13.3. The van der Waals surface area contributed by atoms with Gasteiger partial charge in [-0.15, -0.1) is 0 Å². The van der Waals surface area contributed by atoms with Gasteiger partial charge < -0.3 is 78.1 Å². The van der Waals surface area contributed by atoms with Crippen LogP contribution in [0.4, 0.5) is 51.4 Å². The molecule has 0 saturated heterocycles. The summed E-state index contributed by atoms with van der Waals surface area (Å²) in [5.41, 5.74) is 8.64. The average Bonchev–Trinajstić information content (AvgIpc) is 1.62. The van der Waals surface area contributed by atoms with Crippen molar-refractivity contribution in [3.05, 3.63) is 189 Å². The molecule has 0 fully saturated rings. The molecule has 0 amide bonds. The minimum Gasteiger partial charge on any atom is -0.469 e. The van der Waals surface area contributed by atoms with E-state index >= 15 is 0 Å². The van der Waals surface area contributed by atoms with Crippen LogP contribution in [0.25, 0.3) is 0 Å². The number of anilines is 9. The fraction of sp³-hybridized carbons (Fsp3) is 0.395. The van der Waals surface area contributed by atoms with E-state index in [0.717, 1.165) is 67.9 Å². The van der Waals surface area contributed by atoms with Crippen LogP contribution >= 0.6 is 23.5 Å². The van der Waals surface area contributed by atoms with Crippen molar-refractivity contribution in [1.29, 1.82) is 0 Å². The summed E-state index contributed by atoms with van der Waals surface area (Å²) in [6.07, 6.45) is 18.0. The second-order valence-corrected chi connectivity index (χ2v) is 29.4. The van der Waals surface area contributed by atoms with E-state index in [0.29, 0.717) is 35.4 Å². The number of fused-ring (bicyclic) bond motifs is 6. The summed E-state index contributed by atoms with van der Waals surface area (Å²) < 4.78 is 11.8. The number of aromatic nitrogens is 2. The summed E-state index contributed by atoms with van der Waals surface area (Å²) in [5, 5.41) is 13.7. The first-order valence-corrected chi connectivity index (χ1v) is 36.6. The third kappa shape index (κ3) is 13.9. The lowest BCUT2D eigenvalue weighted by atomic mass is 10.2. The van der Waals surface area contributed by atoms with Crippen LogP contribution in [-0.2, 0) is 0 Å². The van der Waals surface area contributed by atoms with Crippen LogP contribution in [0.5, 0.6) is 11.5 Å². The zero-order valence-corrected chi connectivity index (χ0v) is 62.1. The molecule has 0 unspecified atom stereocenters. The number of hydrogen-bond donors (Lipinski definition) is 0. The molecule has 0 bridgehead atoms. The van der Waals surface area contributed by atoms with E-state index in [1.54, 1.807) is 0 Å². The topological polar surface area (TPSA) is 121 Å². The van der Waals surface area contributed by atoms with E-state index in [-0.39, 0.29) is 24.8 Å². The molecule has 7 aromatic rings. The molecule has 526 valence electrons. The minimum atomic E-state index is 0.0300. The summed E-state index contributed by atoms with van der Waals surface area (Å²) in [4.78, 5) is 44.0. The molecule has 2 aromatic heterocycles. The maximum atomic E-state index is 5.91. The molecule has 12 heterocycles. The van der Waals surface area contributed by atoms with Crippen LogP contribution in [0.3, 0.4) is 0 Å². The Labute approximate surface area is 600 Å². The van der Waals surface area contributed by atoms with Crippen molar-refractivity contribution in [3.63, 3.8) is 0 Å². The highest BCUT2D eigenvalue weighted by Gasteiger charge is 2.40. The minimum absolute atomic E-state index is 0.0300. The van der Waals surface area contributed by atoms with E-state index in [1.165, 1.54) is 38.2 Å². The van der Waals surface area contributed by atoms with Crippen LogP contribution in [0.2, 0.25) is 0 Å². The van der Waals surface area contributed by atoms with Crippen molar-refractivity contribution in [1.82, 2.24) is 44.5 Å². The number of nitrogens with zero attached hydrogens (tertiary/aromatic N) is 20. The second kappa shape index (κ2) is 29.6. The molecule has 5 aromatic carbocycles. The molecule has 17 rings (SSSR count). The number of benzene rings is 5. The fourth-order valence-corrected chi connectivity index (χ4v) is 16.0. The van der Waals surface area contributed by atoms with Gasteiger partial charge in [-0.05, 0) is 154 Å². The average molecular weight is 1390 g/mol. The largest absolute Gasteiger partial charge is 0.469 e. The molecule has 10 aliphatic rings. The Kier molecular flexibility index (Phi) is 20.4. The third-order valence-electron chi connectivity index (χ3n) is 20.7. The lowest BCUT2D eigenvalue weighted by molar-refractivity contribution is 0.0443. The van der Waals surface area contributed by atoms with Crippen molar-refractivity contribution in [2.45, 2.75) is 139 Å². The van der Waals surface area contributed by atoms with Crippen LogP contribution in [0.15, 0.2) is 209 Å². The summed E-state index contributed by atoms with van der Waals surface area (Å²) >= 11 is 3.91. The van der Waals surface area contributed by atoms with Crippen molar-refractivity contribution >= 4 is 87.6 Å². The monoisotopic (exact) mass is 1390 g/mol. The molecule has 22 nitrogen and oxygen atoms in total. The van der Waals surface area contributed by atoms with Gasteiger partial charge in [0.1, 0.15) is 61.7 Å². The van der Waals surface area contributed by atoms with Gasteiger partial charge >= 0.3 is 0 Å². The molecule has 0 N–H and O–H groups in total. The van der Waals surface area contributed by atoms with Gasteiger partial charge in [0.05, 0.1) is 77.7 Å². The molecular formula is C76H98N20O2S2. The van der Waals surface area contributed by atoms with Gasteiger partial charge in [0.2, 0.25) is 0 Å². The highest BCUT2D eigenvalue weighted by Crippen LogP contribution is 2.48. The molecule has 10 atom stereocenters. The SMILES string of the molecule is C[C@@H]1N(C)C=NN1CN1N=CN(C)[C@@H]1C.C[C@@H]1N(C)c2ncccc2N1CN1c2cccnc2N(C)[C@@H]1C.C[C@@H]1Oc2ccccc2N1CN1c2ccccc2O[C@@H]1C.C[C@@H]1Sc2ccccc2N1CN1c2ccccc2S[C@@H]1C.C[C@H]1N(C)C=CN1CN1C=CN(c2ccccc2)[C@H]1C. The van der Waals surface area contributed by atoms with Gasteiger partial charge in [0, 0.05) is 87.9 Å². The van der Waals surface area contributed by atoms with E-state index in [9.17, 15) is 0 Å². The van der Waals surface area contributed by atoms with Crippen molar-refractivity contribution < 1.29 is 9.47 Å². The lowest BCUT2D eigenvalue weighted by Gasteiger charge is -2.35. The van der Waals surface area contributed by atoms with Crippen molar-refractivity contribution in [2.75, 3.05) is 113 Å². The second-order valence-electron chi connectivity index (χ2n) is 26.7. The Bertz CT molecular complexity index is 3740. The molecule has 24 heteroatoms. The first kappa shape index (κ1) is 68.8. The Hall–Kier alpha value is -9.68. The molecule has 0 saturated carbocycles.